The van der Waals surface area contributed by atoms with E-state index in [4.69, 9.17) is 5.73 Å². The van der Waals surface area contributed by atoms with Crippen molar-refractivity contribution in [1.82, 2.24) is 9.97 Å². The quantitative estimate of drug-likeness (QED) is 0.838. The molecule has 0 atom stereocenters. The van der Waals surface area contributed by atoms with Crippen molar-refractivity contribution in [2.75, 3.05) is 6.61 Å². The van der Waals surface area contributed by atoms with Gasteiger partial charge in [0.25, 0.3) is 5.91 Å². The van der Waals surface area contributed by atoms with Crippen molar-refractivity contribution >= 4 is 16.9 Å². The number of fused-ring (bicyclic) bond motifs is 1. The van der Waals surface area contributed by atoms with Crippen molar-refractivity contribution in [3.05, 3.63) is 23.8 Å². The number of hydrogen-bond donors (Lipinski definition) is 2. The van der Waals surface area contributed by atoms with Gasteiger partial charge in [-0.05, 0) is 6.07 Å². The molecule has 1 aromatic heterocycles. The lowest BCUT2D eigenvalue weighted by atomic mass is 10.1. The van der Waals surface area contributed by atoms with Gasteiger partial charge in [0.05, 0.1) is 17.4 Å². The molecular formula is C10H7F4N3O2. The molecule has 0 aliphatic rings. The van der Waals surface area contributed by atoms with Gasteiger partial charge < -0.3 is 15.5 Å². The van der Waals surface area contributed by atoms with Crippen LogP contribution in [0.5, 0.6) is 5.75 Å². The first-order valence-corrected chi connectivity index (χ1v) is 4.94. The number of nitrogens with two attached hydrogens (primary N) is 1. The van der Waals surface area contributed by atoms with Crippen LogP contribution in [0.15, 0.2) is 12.4 Å². The summed E-state index contributed by atoms with van der Waals surface area (Å²) in [6, 6.07) is 1.08. The van der Waals surface area contributed by atoms with Crippen molar-refractivity contribution in [3.8, 4) is 5.75 Å². The monoisotopic (exact) mass is 277 g/mol. The zero-order chi connectivity index (χ0) is 14.2. The normalized spacial score (nSPS) is 11.8. The van der Waals surface area contributed by atoms with Gasteiger partial charge in [0.15, 0.2) is 18.2 Å². The van der Waals surface area contributed by atoms with Crippen molar-refractivity contribution in [1.29, 1.82) is 0 Å². The van der Waals surface area contributed by atoms with Crippen LogP contribution in [0, 0.1) is 5.82 Å². The first-order chi connectivity index (χ1) is 8.79. The van der Waals surface area contributed by atoms with Gasteiger partial charge in [0.2, 0.25) is 0 Å². The van der Waals surface area contributed by atoms with Gasteiger partial charge in [-0.3, -0.25) is 4.79 Å². The predicted octanol–water partition coefficient (Wildman–Crippen LogP) is 1.74. The lowest BCUT2D eigenvalue weighted by Gasteiger charge is -2.12. The average molecular weight is 277 g/mol. The largest absolute Gasteiger partial charge is 0.480 e. The van der Waals surface area contributed by atoms with Crippen LogP contribution in [0.25, 0.3) is 11.0 Å². The van der Waals surface area contributed by atoms with Crippen LogP contribution >= 0.6 is 0 Å². The minimum absolute atomic E-state index is 0.130. The number of aromatic nitrogens is 2. The van der Waals surface area contributed by atoms with Crippen LogP contribution in [-0.2, 0) is 0 Å². The number of primary amides is 1. The van der Waals surface area contributed by atoms with Crippen molar-refractivity contribution in [2.24, 2.45) is 5.73 Å². The number of amides is 1. The minimum atomic E-state index is -4.66. The number of benzene rings is 1. The number of imidazole rings is 1. The Morgan fingerprint density at radius 1 is 1.47 bits per heavy atom. The number of ether oxygens (including phenoxy) is 1. The summed E-state index contributed by atoms with van der Waals surface area (Å²) in [7, 11) is 0. The number of rotatable bonds is 3. The fourth-order valence-electron chi connectivity index (χ4n) is 1.50. The van der Waals surface area contributed by atoms with Crippen LogP contribution in [0.3, 0.4) is 0 Å². The van der Waals surface area contributed by atoms with Gasteiger partial charge in [0.1, 0.15) is 5.52 Å². The van der Waals surface area contributed by atoms with Crippen molar-refractivity contribution < 1.29 is 27.1 Å². The van der Waals surface area contributed by atoms with E-state index >= 15 is 0 Å². The summed E-state index contributed by atoms with van der Waals surface area (Å²) in [5, 5.41) is 0. The number of carbonyl (C=O) groups is 1. The molecule has 0 aliphatic heterocycles. The maximum absolute atomic E-state index is 13.9. The standard InChI is InChI=1S/C10H7F4N3O2/c11-6-7-5(16-3-17-7)1-4(9(15)18)8(6)19-2-10(12,13)14/h1,3H,2H2,(H2,15,18)(H,16,17). The molecule has 19 heavy (non-hydrogen) atoms. The molecular weight excluding hydrogens is 270 g/mol. The van der Waals surface area contributed by atoms with Crippen LogP contribution in [0.1, 0.15) is 10.4 Å². The van der Waals surface area contributed by atoms with E-state index in [2.05, 4.69) is 14.7 Å². The van der Waals surface area contributed by atoms with Gasteiger partial charge in [-0.25, -0.2) is 9.37 Å². The second kappa shape index (κ2) is 4.41. The maximum Gasteiger partial charge on any atom is 0.422 e. The number of nitrogens with one attached hydrogen (secondary N) is 1. The highest BCUT2D eigenvalue weighted by atomic mass is 19.4. The van der Waals surface area contributed by atoms with E-state index in [0.717, 1.165) is 12.4 Å². The zero-order valence-corrected chi connectivity index (χ0v) is 9.21. The molecule has 1 heterocycles. The Hall–Kier alpha value is -2.32. The third-order valence-corrected chi connectivity index (χ3v) is 2.26. The van der Waals surface area contributed by atoms with E-state index in [1.165, 1.54) is 0 Å². The SMILES string of the molecule is NC(=O)c1cc2[nH]cnc2c(F)c1OCC(F)(F)F. The molecule has 2 rings (SSSR count). The van der Waals surface area contributed by atoms with Crippen molar-refractivity contribution in [2.45, 2.75) is 6.18 Å². The maximum atomic E-state index is 13.9. The Morgan fingerprint density at radius 2 is 2.16 bits per heavy atom. The van der Waals surface area contributed by atoms with Gasteiger partial charge in [-0.15, -0.1) is 0 Å². The van der Waals surface area contributed by atoms with E-state index in [9.17, 15) is 22.4 Å². The number of H-pyrrole nitrogens is 1. The third kappa shape index (κ3) is 2.59. The van der Waals surface area contributed by atoms with Crippen molar-refractivity contribution in [3.63, 3.8) is 0 Å². The molecule has 0 saturated carbocycles. The smallest absolute Gasteiger partial charge is 0.422 e. The fraction of sp³-hybridized carbons (Fsp3) is 0.200. The molecule has 1 aromatic carbocycles. The highest BCUT2D eigenvalue weighted by Gasteiger charge is 2.30. The molecule has 0 radical (unpaired) electrons. The highest BCUT2D eigenvalue weighted by Crippen LogP contribution is 2.30. The summed E-state index contributed by atoms with van der Waals surface area (Å²) in [6.45, 7) is -1.74. The molecule has 5 nitrogen and oxygen atoms in total. The average Bonchev–Trinajstić information content (AvgIpc) is 2.74. The molecule has 102 valence electrons. The second-order valence-electron chi connectivity index (χ2n) is 3.63. The second-order valence-corrected chi connectivity index (χ2v) is 3.63. The summed E-state index contributed by atoms with van der Waals surface area (Å²) in [5.41, 5.74) is 4.39. The predicted molar refractivity (Wildman–Crippen MR) is 56.1 cm³/mol. The van der Waals surface area contributed by atoms with E-state index in [-0.39, 0.29) is 11.0 Å². The Kier molecular flexibility index (Phi) is 3.05. The fourth-order valence-corrected chi connectivity index (χ4v) is 1.50. The Balaban J connectivity index is 2.52. The molecule has 2 aromatic rings. The molecule has 3 N–H and O–H groups in total. The molecule has 0 saturated heterocycles. The molecule has 9 heteroatoms. The molecule has 0 aliphatic carbocycles. The first-order valence-electron chi connectivity index (χ1n) is 4.94. The summed E-state index contributed by atoms with van der Waals surface area (Å²) in [5.74, 6) is -3.13. The number of nitrogens with zero attached hydrogens (tertiary/aromatic N) is 1. The van der Waals surface area contributed by atoms with Gasteiger partial charge >= 0.3 is 6.18 Å². The third-order valence-electron chi connectivity index (χ3n) is 2.26. The van der Waals surface area contributed by atoms with E-state index in [0.29, 0.717) is 0 Å². The number of hydrogen-bond acceptors (Lipinski definition) is 3. The zero-order valence-electron chi connectivity index (χ0n) is 9.21. The summed E-state index contributed by atoms with van der Waals surface area (Å²) < 4.78 is 54.5. The topological polar surface area (TPSA) is 81.0 Å². The van der Waals surface area contributed by atoms with Crippen LogP contribution in [0.2, 0.25) is 0 Å². The van der Waals surface area contributed by atoms with Gasteiger partial charge in [-0.2, -0.15) is 13.2 Å². The van der Waals surface area contributed by atoms with E-state index < -0.39 is 35.8 Å². The lowest BCUT2D eigenvalue weighted by Crippen LogP contribution is -2.22. The minimum Gasteiger partial charge on any atom is -0.480 e. The number of carbonyl (C=O) groups excluding carboxylic acids is 1. The molecule has 0 unspecified atom stereocenters. The number of halogens is 4. The highest BCUT2D eigenvalue weighted by molar-refractivity contribution is 5.99. The lowest BCUT2D eigenvalue weighted by molar-refractivity contribution is -0.153. The molecule has 0 fully saturated rings. The summed E-state index contributed by atoms with van der Waals surface area (Å²) >= 11 is 0. The molecule has 0 spiro atoms. The summed E-state index contributed by atoms with van der Waals surface area (Å²) in [6.07, 6.45) is -3.53. The first kappa shape index (κ1) is 13.1. The number of aromatic amines is 1. The Labute approximate surface area is 103 Å². The Morgan fingerprint density at radius 3 is 2.74 bits per heavy atom. The summed E-state index contributed by atoms with van der Waals surface area (Å²) in [4.78, 5) is 17.2. The van der Waals surface area contributed by atoms with Gasteiger partial charge in [-0.1, -0.05) is 0 Å². The molecule has 1 amide bonds. The van der Waals surface area contributed by atoms with E-state index in [1.54, 1.807) is 0 Å². The van der Waals surface area contributed by atoms with Crippen LogP contribution < -0.4 is 10.5 Å². The van der Waals surface area contributed by atoms with Crippen LogP contribution in [0.4, 0.5) is 17.6 Å². The van der Waals surface area contributed by atoms with Gasteiger partial charge in [0, 0.05) is 0 Å². The molecule has 0 bridgehead atoms. The van der Waals surface area contributed by atoms with Crippen LogP contribution in [-0.4, -0.2) is 28.7 Å². The number of alkyl halides is 3. The van der Waals surface area contributed by atoms with E-state index in [1.807, 2.05) is 0 Å². The Bertz CT molecular complexity index is 635.